The van der Waals surface area contributed by atoms with E-state index in [1.165, 1.54) is 6.92 Å². The topological polar surface area (TPSA) is 98.5 Å². The van der Waals surface area contributed by atoms with Crippen LogP contribution in [0.15, 0.2) is 42.5 Å². The number of ketones is 1. The highest BCUT2D eigenvalue weighted by molar-refractivity contribution is 6.09. The van der Waals surface area contributed by atoms with Gasteiger partial charge in [-0.15, -0.1) is 0 Å². The molecule has 0 saturated carbocycles. The van der Waals surface area contributed by atoms with E-state index in [1.54, 1.807) is 49.4 Å². The molecule has 0 aliphatic rings. The Balaban J connectivity index is 2.17. The minimum Gasteiger partial charge on any atom is -0.493 e. The minimum atomic E-state index is -0.611. The highest BCUT2D eigenvalue weighted by Crippen LogP contribution is 2.22. The number of nitrogens with two attached hydrogens (primary N) is 1. The molecular formula is C19H20N2O4. The van der Waals surface area contributed by atoms with Gasteiger partial charge in [0.1, 0.15) is 11.5 Å². The van der Waals surface area contributed by atoms with Crippen LogP contribution in [0.3, 0.4) is 0 Å². The zero-order chi connectivity index (χ0) is 18.4. The zero-order valence-corrected chi connectivity index (χ0v) is 14.2. The Morgan fingerprint density at radius 3 is 2.52 bits per heavy atom. The molecule has 2 aromatic carbocycles. The van der Waals surface area contributed by atoms with E-state index in [0.29, 0.717) is 23.4 Å². The second-order valence-corrected chi connectivity index (χ2v) is 5.64. The van der Waals surface area contributed by atoms with Crippen molar-refractivity contribution in [1.29, 1.82) is 0 Å². The monoisotopic (exact) mass is 340 g/mol. The summed E-state index contributed by atoms with van der Waals surface area (Å²) in [5.41, 5.74) is 7.12. The molecule has 0 spiro atoms. The molecule has 0 bridgehead atoms. The van der Waals surface area contributed by atoms with E-state index in [9.17, 15) is 14.4 Å². The Labute approximate surface area is 146 Å². The number of rotatable bonds is 7. The van der Waals surface area contributed by atoms with Crippen LogP contribution in [0.2, 0.25) is 0 Å². The molecule has 0 saturated heterocycles. The van der Waals surface area contributed by atoms with E-state index in [4.69, 9.17) is 10.5 Å². The van der Waals surface area contributed by atoms with Gasteiger partial charge in [0.25, 0.3) is 11.8 Å². The Kier molecular flexibility index (Phi) is 5.89. The molecule has 6 nitrogen and oxygen atoms in total. The van der Waals surface area contributed by atoms with Gasteiger partial charge in [0.2, 0.25) is 0 Å². The number of primary amides is 1. The van der Waals surface area contributed by atoms with Gasteiger partial charge in [0, 0.05) is 12.0 Å². The number of carbonyl (C=O) groups excluding carboxylic acids is 3. The summed E-state index contributed by atoms with van der Waals surface area (Å²) in [6.07, 6.45) is 0.307. The van der Waals surface area contributed by atoms with E-state index >= 15 is 0 Å². The molecule has 2 rings (SSSR count). The number of para-hydroxylation sites is 1. The number of hydrogen-bond acceptors (Lipinski definition) is 4. The van der Waals surface area contributed by atoms with Crippen molar-refractivity contribution in [3.63, 3.8) is 0 Å². The molecule has 0 heterocycles. The Morgan fingerprint density at radius 1 is 1.12 bits per heavy atom. The second kappa shape index (κ2) is 8.10. The van der Waals surface area contributed by atoms with Crippen molar-refractivity contribution < 1.29 is 19.1 Å². The third kappa shape index (κ3) is 4.91. The zero-order valence-electron chi connectivity index (χ0n) is 14.2. The van der Waals surface area contributed by atoms with E-state index in [0.717, 1.165) is 5.56 Å². The maximum atomic E-state index is 12.5. The molecule has 0 unspecified atom stereocenters. The lowest BCUT2D eigenvalue weighted by Gasteiger charge is -2.12. The molecule has 0 aliphatic carbocycles. The van der Waals surface area contributed by atoms with E-state index in [2.05, 4.69) is 5.32 Å². The minimum absolute atomic E-state index is 0.0347. The van der Waals surface area contributed by atoms with Gasteiger partial charge in [-0.05, 0) is 43.7 Å². The van der Waals surface area contributed by atoms with Gasteiger partial charge in [-0.25, -0.2) is 0 Å². The summed E-state index contributed by atoms with van der Waals surface area (Å²) >= 11 is 0. The van der Waals surface area contributed by atoms with Crippen molar-refractivity contribution in [2.24, 2.45) is 5.73 Å². The van der Waals surface area contributed by atoms with Crippen molar-refractivity contribution in [3.05, 3.63) is 59.2 Å². The van der Waals surface area contributed by atoms with Gasteiger partial charge < -0.3 is 15.8 Å². The SMILES string of the molecule is CC(=O)CCOc1cccc(C(=O)Nc2c(C)cccc2C(N)=O)c1. The summed E-state index contributed by atoms with van der Waals surface area (Å²) in [4.78, 5) is 35.0. The van der Waals surface area contributed by atoms with Crippen LogP contribution < -0.4 is 15.8 Å². The number of carbonyl (C=O) groups is 3. The van der Waals surface area contributed by atoms with E-state index in [1.807, 2.05) is 0 Å². The van der Waals surface area contributed by atoms with Crippen molar-refractivity contribution in [2.75, 3.05) is 11.9 Å². The number of hydrogen-bond donors (Lipinski definition) is 2. The summed E-state index contributed by atoms with van der Waals surface area (Å²) in [5.74, 6) is -0.463. The first kappa shape index (κ1) is 18.2. The molecule has 3 N–H and O–H groups in total. The van der Waals surface area contributed by atoms with Gasteiger partial charge in [0.15, 0.2) is 0 Å². The standard InChI is InChI=1S/C19H20N2O4/c1-12-5-3-8-16(18(20)23)17(12)21-19(24)14-6-4-7-15(11-14)25-10-9-13(2)22/h3-8,11H,9-10H2,1-2H3,(H2,20,23)(H,21,24). The summed E-state index contributed by atoms with van der Waals surface area (Å²) < 4.78 is 5.47. The second-order valence-electron chi connectivity index (χ2n) is 5.64. The van der Waals surface area contributed by atoms with Crippen LogP contribution in [0.5, 0.6) is 5.75 Å². The summed E-state index contributed by atoms with van der Waals surface area (Å²) in [5, 5.41) is 2.73. The quantitative estimate of drug-likeness (QED) is 0.809. The molecular weight excluding hydrogens is 320 g/mol. The first-order valence-corrected chi connectivity index (χ1v) is 7.81. The summed E-state index contributed by atoms with van der Waals surface area (Å²) in [7, 11) is 0. The average molecular weight is 340 g/mol. The molecule has 25 heavy (non-hydrogen) atoms. The number of anilines is 1. The fraction of sp³-hybridized carbons (Fsp3) is 0.211. The molecule has 2 aromatic rings. The van der Waals surface area contributed by atoms with E-state index < -0.39 is 5.91 Å². The highest BCUT2D eigenvalue weighted by atomic mass is 16.5. The lowest BCUT2D eigenvalue weighted by molar-refractivity contribution is -0.117. The van der Waals surface area contributed by atoms with Crippen LogP contribution in [0.4, 0.5) is 5.69 Å². The van der Waals surface area contributed by atoms with Crippen LogP contribution in [-0.4, -0.2) is 24.2 Å². The van der Waals surface area contributed by atoms with Crippen LogP contribution in [0, 0.1) is 6.92 Å². The fourth-order valence-electron chi connectivity index (χ4n) is 2.26. The van der Waals surface area contributed by atoms with Gasteiger partial charge in [-0.3, -0.25) is 14.4 Å². The fourth-order valence-corrected chi connectivity index (χ4v) is 2.26. The number of ether oxygens (including phenoxy) is 1. The van der Waals surface area contributed by atoms with Crippen LogP contribution >= 0.6 is 0 Å². The molecule has 0 radical (unpaired) electrons. The Hall–Kier alpha value is -3.15. The van der Waals surface area contributed by atoms with Gasteiger partial charge in [-0.2, -0.15) is 0 Å². The Bertz CT molecular complexity index is 815. The van der Waals surface area contributed by atoms with Gasteiger partial charge >= 0.3 is 0 Å². The number of amides is 2. The molecule has 0 atom stereocenters. The predicted molar refractivity (Wildman–Crippen MR) is 94.9 cm³/mol. The number of nitrogens with one attached hydrogen (secondary N) is 1. The average Bonchev–Trinajstić information content (AvgIpc) is 2.56. The molecule has 2 amide bonds. The molecule has 6 heteroatoms. The summed E-state index contributed by atoms with van der Waals surface area (Å²) in [6.45, 7) is 3.53. The third-order valence-electron chi connectivity index (χ3n) is 3.60. The number of Topliss-reactive ketones (excluding diaryl/α,β-unsaturated/α-hetero) is 1. The van der Waals surface area contributed by atoms with E-state index in [-0.39, 0.29) is 23.9 Å². The van der Waals surface area contributed by atoms with Crippen LogP contribution in [-0.2, 0) is 4.79 Å². The lowest BCUT2D eigenvalue weighted by Crippen LogP contribution is -2.19. The molecule has 0 aliphatic heterocycles. The molecule has 0 aromatic heterocycles. The van der Waals surface area contributed by atoms with Crippen LogP contribution in [0.25, 0.3) is 0 Å². The predicted octanol–water partition coefficient (Wildman–Crippen LogP) is 2.70. The normalized spacial score (nSPS) is 10.2. The first-order chi connectivity index (χ1) is 11.9. The number of aryl methyl sites for hydroxylation is 1. The Morgan fingerprint density at radius 2 is 1.84 bits per heavy atom. The van der Waals surface area contributed by atoms with Gasteiger partial charge in [0.05, 0.1) is 17.9 Å². The van der Waals surface area contributed by atoms with Crippen molar-refractivity contribution >= 4 is 23.3 Å². The third-order valence-corrected chi connectivity index (χ3v) is 3.60. The molecule has 0 fully saturated rings. The van der Waals surface area contributed by atoms with Crippen molar-refractivity contribution in [1.82, 2.24) is 0 Å². The van der Waals surface area contributed by atoms with Crippen molar-refractivity contribution in [2.45, 2.75) is 20.3 Å². The smallest absolute Gasteiger partial charge is 0.255 e. The maximum absolute atomic E-state index is 12.5. The lowest BCUT2D eigenvalue weighted by atomic mass is 10.1. The number of benzene rings is 2. The van der Waals surface area contributed by atoms with Crippen molar-refractivity contribution in [3.8, 4) is 5.75 Å². The molecule has 130 valence electrons. The first-order valence-electron chi connectivity index (χ1n) is 7.81. The maximum Gasteiger partial charge on any atom is 0.255 e. The largest absolute Gasteiger partial charge is 0.493 e. The summed E-state index contributed by atoms with van der Waals surface area (Å²) in [6, 6.07) is 11.7. The van der Waals surface area contributed by atoms with Gasteiger partial charge in [-0.1, -0.05) is 18.2 Å². The van der Waals surface area contributed by atoms with Crippen LogP contribution in [0.1, 0.15) is 39.6 Å². The highest BCUT2D eigenvalue weighted by Gasteiger charge is 2.14.